The van der Waals surface area contributed by atoms with Gasteiger partial charge < -0.3 is 15.4 Å². The van der Waals surface area contributed by atoms with Crippen LogP contribution >= 0.6 is 0 Å². The quantitative estimate of drug-likeness (QED) is 0.449. The van der Waals surface area contributed by atoms with Crippen molar-refractivity contribution in [3.63, 3.8) is 0 Å². The van der Waals surface area contributed by atoms with Crippen LogP contribution in [0.1, 0.15) is 13.3 Å². The molecule has 2 unspecified atom stereocenters. The van der Waals surface area contributed by atoms with Gasteiger partial charge in [-0.3, -0.25) is 9.59 Å². The Morgan fingerprint density at radius 1 is 1.53 bits per heavy atom. The molecule has 0 aromatic carbocycles. The largest absolute Gasteiger partial charge is 0.376 e. The molecule has 6 heteroatoms. The number of ether oxygens (including phenoxy) is 1. The van der Waals surface area contributed by atoms with Gasteiger partial charge in [0.05, 0.1) is 18.2 Å². The number of nitriles is 1. The highest BCUT2D eigenvalue weighted by Crippen LogP contribution is 2.11. The molecule has 1 saturated heterocycles. The first kappa shape index (κ1) is 11.5. The molecule has 0 aliphatic carbocycles. The molecule has 6 nitrogen and oxygen atoms in total. The van der Waals surface area contributed by atoms with Crippen LogP contribution in [-0.4, -0.2) is 37.1 Å². The highest BCUT2D eigenvalue weighted by atomic mass is 16.5. The fraction of sp³-hybridized carbons (Fsp3) is 0.667. The fourth-order valence-electron chi connectivity index (χ4n) is 1.36. The number of hydrogen-bond donors (Lipinski definition) is 2. The lowest BCUT2D eigenvalue weighted by atomic mass is 10.1. The number of carbonyl (C=O) groups excluding carboxylic acids is 2. The lowest BCUT2D eigenvalue weighted by Crippen LogP contribution is -2.46. The van der Waals surface area contributed by atoms with E-state index < -0.39 is 11.8 Å². The summed E-state index contributed by atoms with van der Waals surface area (Å²) < 4.78 is 5.23. The van der Waals surface area contributed by atoms with Crippen molar-refractivity contribution in [2.24, 2.45) is 0 Å². The van der Waals surface area contributed by atoms with Gasteiger partial charge in [0.15, 0.2) is 0 Å². The second-order valence-electron chi connectivity index (χ2n) is 3.29. The molecule has 0 aromatic rings. The smallest absolute Gasteiger partial charge is 0.310 e. The Labute approximate surface area is 87.6 Å². The van der Waals surface area contributed by atoms with Crippen LogP contribution in [0.15, 0.2) is 0 Å². The summed E-state index contributed by atoms with van der Waals surface area (Å²) in [7, 11) is 0. The Kier molecular flexibility index (Phi) is 4.06. The van der Waals surface area contributed by atoms with Crippen molar-refractivity contribution in [1.82, 2.24) is 10.6 Å². The first-order valence-corrected chi connectivity index (χ1v) is 4.72. The molecule has 1 aliphatic heterocycles. The van der Waals surface area contributed by atoms with Crippen molar-refractivity contribution in [3.8, 4) is 6.07 Å². The zero-order valence-corrected chi connectivity index (χ0v) is 8.45. The van der Waals surface area contributed by atoms with E-state index >= 15 is 0 Å². The van der Waals surface area contributed by atoms with Gasteiger partial charge in [0.2, 0.25) is 0 Å². The van der Waals surface area contributed by atoms with Crippen LogP contribution in [0.2, 0.25) is 0 Å². The Balaban J connectivity index is 2.35. The summed E-state index contributed by atoms with van der Waals surface area (Å²) in [5, 5.41) is 12.9. The van der Waals surface area contributed by atoms with Crippen LogP contribution in [0.25, 0.3) is 0 Å². The van der Waals surface area contributed by atoms with Crippen LogP contribution in [0.4, 0.5) is 0 Å². The van der Waals surface area contributed by atoms with E-state index in [-0.39, 0.29) is 18.7 Å². The van der Waals surface area contributed by atoms with E-state index in [1.165, 1.54) is 0 Å². The van der Waals surface area contributed by atoms with Gasteiger partial charge >= 0.3 is 11.8 Å². The monoisotopic (exact) mass is 211 g/mol. The molecule has 2 atom stereocenters. The molecule has 0 spiro atoms. The summed E-state index contributed by atoms with van der Waals surface area (Å²) in [5.41, 5.74) is 0. The normalized spacial score (nSPS) is 24.3. The second-order valence-corrected chi connectivity index (χ2v) is 3.29. The Morgan fingerprint density at radius 2 is 2.27 bits per heavy atom. The third kappa shape index (κ3) is 3.22. The van der Waals surface area contributed by atoms with Crippen molar-refractivity contribution in [1.29, 1.82) is 5.26 Å². The number of rotatable bonds is 2. The first-order chi connectivity index (χ1) is 7.15. The van der Waals surface area contributed by atoms with Crippen LogP contribution < -0.4 is 10.6 Å². The van der Waals surface area contributed by atoms with Crippen molar-refractivity contribution < 1.29 is 14.3 Å². The fourth-order valence-corrected chi connectivity index (χ4v) is 1.36. The maximum absolute atomic E-state index is 11.3. The second kappa shape index (κ2) is 5.32. The van der Waals surface area contributed by atoms with E-state index in [2.05, 4.69) is 10.6 Å². The standard InChI is InChI=1S/C9H13N3O3/c1-6-7(2-5-15-6)12-9(14)8(13)11-4-3-10/h6-7H,2,4-5H2,1H3,(H,11,13)(H,12,14). The number of nitrogens with zero attached hydrogens (tertiary/aromatic N) is 1. The maximum atomic E-state index is 11.3. The van der Waals surface area contributed by atoms with Gasteiger partial charge in [0, 0.05) is 6.61 Å². The number of nitrogens with one attached hydrogen (secondary N) is 2. The van der Waals surface area contributed by atoms with Crippen LogP contribution in [0.5, 0.6) is 0 Å². The molecule has 1 rings (SSSR count). The summed E-state index contributed by atoms with van der Waals surface area (Å²) in [4.78, 5) is 22.3. The average Bonchev–Trinajstić information content (AvgIpc) is 2.61. The van der Waals surface area contributed by atoms with Crippen molar-refractivity contribution in [2.45, 2.75) is 25.5 Å². The molecule has 82 valence electrons. The van der Waals surface area contributed by atoms with E-state index in [0.29, 0.717) is 13.0 Å². The topological polar surface area (TPSA) is 91.2 Å². The van der Waals surface area contributed by atoms with Gasteiger partial charge in [0.1, 0.15) is 6.54 Å². The van der Waals surface area contributed by atoms with Crippen molar-refractivity contribution in [3.05, 3.63) is 0 Å². The van der Waals surface area contributed by atoms with Gasteiger partial charge in [-0.25, -0.2) is 0 Å². The Morgan fingerprint density at radius 3 is 2.80 bits per heavy atom. The minimum Gasteiger partial charge on any atom is -0.376 e. The van der Waals surface area contributed by atoms with Crippen molar-refractivity contribution >= 4 is 11.8 Å². The number of hydrogen-bond acceptors (Lipinski definition) is 4. The van der Waals surface area contributed by atoms with E-state index in [9.17, 15) is 9.59 Å². The van der Waals surface area contributed by atoms with Crippen LogP contribution in [0.3, 0.4) is 0 Å². The average molecular weight is 211 g/mol. The Hall–Kier alpha value is -1.61. The molecule has 0 radical (unpaired) electrons. The number of carbonyl (C=O) groups is 2. The minimum atomic E-state index is -0.782. The Bertz CT molecular complexity index is 297. The third-order valence-electron chi connectivity index (χ3n) is 2.23. The van der Waals surface area contributed by atoms with E-state index in [1.54, 1.807) is 6.07 Å². The van der Waals surface area contributed by atoms with E-state index in [0.717, 1.165) is 0 Å². The summed E-state index contributed by atoms with van der Waals surface area (Å²) >= 11 is 0. The SMILES string of the molecule is CC1OCCC1NC(=O)C(=O)NCC#N. The molecule has 0 bridgehead atoms. The molecular weight excluding hydrogens is 198 g/mol. The van der Waals surface area contributed by atoms with Crippen LogP contribution in [0, 0.1) is 11.3 Å². The predicted octanol–water partition coefficient (Wildman–Crippen LogP) is -1.08. The molecule has 0 aromatic heterocycles. The summed E-state index contributed by atoms with van der Waals surface area (Å²) in [6.07, 6.45) is 0.635. The zero-order valence-electron chi connectivity index (χ0n) is 8.45. The molecule has 1 aliphatic rings. The molecule has 0 saturated carbocycles. The predicted molar refractivity (Wildman–Crippen MR) is 50.6 cm³/mol. The van der Waals surface area contributed by atoms with Gasteiger partial charge in [-0.15, -0.1) is 0 Å². The summed E-state index contributed by atoms with van der Waals surface area (Å²) in [5.74, 6) is -1.50. The maximum Gasteiger partial charge on any atom is 0.310 e. The van der Waals surface area contributed by atoms with Gasteiger partial charge in [-0.1, -0.05) is 0 Å². The van der Waals surface area contributed by atoms with Crippen LogP contribution in [-0.2, 0) is 14.3 Å². The first-order valence-electron chi connectivity index (χ1n) is 4.72. The lowest BCUT2D eigenvalue weighted by molar-refractivity contribution is -0.139. The molecule has 2 N–H and O–H groups in total. The molecule has 2 amide bonds. The molecule has 1 fully saturated rings. The summed E-state index contributed by atoms with van der Waals surface area (Å²) in [6, 6.07) is 1.60. The van der Waals surface area contributed by atoms with Gasteiger partial charge in [-0.2, -0.15) is 5.26 Å². The highest BCUT2D eigenvalue weighted by molar-refractivity contribution is 6.35. The van der Waals surface area contributed by atoms with E-state index in [4.69, 9.17) is 10.00 Å². The van der Waals surface area contributed by atoms with E-state index in [1.807, 2.05) is 6.92 Å². The highest BCUT2D eigenvalue weighted by Gasteiger charge is 2.27. The lowest BCUT2D eigenvalue weighted by Gasteiger charge is -2.15. The van der Waals surface area contributed by atoms with Gasteiger partial charge in [0.25, 0.3) is 0 Å². The third-order valence-corrected chi connectivity index (χ3v) is 2.23. The minimum absolute atomic E-state index is 0.0716. The summed E-state index contributed by atoms with van der Waals surface area (Å²) in [6.45, 7) is 2.26. The number of amides is 2. The molecule has 15 heavy (non-hydrogen) atoms. The molecule has 1 heterocycles. The van der Waals surface area contributed by atoms with Crippen molar-refractivity contribution in [2.75, 3.05) is 13.2 Å². The van der Waals surface area contributed by atoms with Gasteiger partial charge in [-0.05, 0) is 13.3 Å². The molecular formula is C9H13N3O3. The zero-order chi connectivity index (χ0) is 11.3.